The number of likely N-dealkylation sites (N-methyl/N-ethyl adjacent to an activating group) is 1. The first kappa shape index (κ1) is 13.1. The van der Waals surface area contributed by atoms with E-state index in [9.17, 15) is 0 Å². The van der Waals surface area contributed by atoms with E-state index in [1.54, 1.807) is 0 Å². The Balaban J connectivity index is 1.92. The first-order valence-electron chi connectivity index (χ1n) is 6.58. The third kappa shape index (κ3) is 2.90. The van der Waals surface area contributed by atoms with Crippen molar-refractivity contribution in [3.8, 4) is 0 Å². The molecule has 17 heavy (non-hydrogen) atoms. The van der Waals surface area contributed by atoms with E-state index in [1.807, 2.05) is 11.3 Å². The molecule has 1 aliphatic carbocycles. The van der Waals surface area contributed by atoms with Crippen molar-refractivity contribution in [1.82, 2.24) is 10.2 Å². The summed E-state index contributed by atoms with van der Waals surface area (Å²) in [6.07, 6.45) is 5.44. The smallest absolute Gasteiger partial charge is 0.0386 e. The fourth-order valence-electron chi connectivity index (χ4n) is 2.80. The third-order valence-corrected chi connectivity index (χ3v) is 5.25. The molecule has 3 heteroatoms. The van der Waals surface area contributed by atoms with Crippen LogP contribution in [0.3, 0.4) is 0 Å². The van der Waals surface area contributed by atoms with Crippen molar-refractivity contribution in [2.45, 2.75) is 44.2 Å². The van der Waals surface area contributed by atoms with Crippen LogP contribution in [0.4, 0.5) is 0 Å². The first-order chi connectivity index (χ1) is 8.14. The largest absolute Gasteiger partial charge is 0.308 e. The van der Waals surface area contributed by atoms with E-state index >= 15 is 0 Å². The Morgan fingerprint density at radius 3 is 2.65 bits per heavy atom. The number of nitrogens with one attached hydrogen (secondary N) is 1. The molecule has 0 bridgehead atoms. The van der Waals surface area contributed by atoms with Crippen LogP contribution in [0.25, 0.3) is 0 Å². The van der Waals surface area contributed by atoms with Gasteiger partial charge in [0.05, 0.1) is 0 Å². The summed E-state index contributed by atoms with van der Waals surface area (Å²) in [5, 5.41) is 5.88. The third-order valence-electron chi connectivity index (χ3n) is 4.19. The zero-order valence-corrected chi connectivity index (χ0v) is 12.0. The monoisotopic (exact) mass is 252 g/mol. The SMILES string of the molecule is CC(NCC1(N(C)C)CCCC1)c1cccs1. The molecule has 1 atom stereocenters. The van der Waals surface area contributed by atoms with Gasteiger partial charge < -0.3 is 10.2 Å². The quantitative estimate of drug-likeness (QED) is 0.865. The minimum Gasteiger partial charge on any atom is -0.308 e. The highest BCUT2D eigenvalue weighted by molar-refractivity contribution is 7.10. The first-order valence-corrected chi connectivity index (χ1v) is 7.46. The Bertz CT molecular complexity index is 326. The van der Waals surface area contributed by atoms with Gasteiger partial charge in [0.15, 0.2) is 0 Å². The Labute approximate surface area is 109 Å². The zero-order chi connectivity index (χ0) is 12.3. The average Bonchev–Trinajstić information content (AvgIpc) is 2.97. The maximum atomic E-state index is 3.72. The molecule has 1 heterocycles. The Hall–Kier alpha value is -0.380. The van der Waals surface area contributed by atoms with Crippen LogP contribution in [0.1, 0.15) is 43.5 Å². The molecule has 1 aliphatic rings. The van der Waals surface area contributed by atoms with E-state index in [-0.39, 0.29) is 0 Å². The minimum absolute atomic E-state index is 0.394. The van der Waals surface area contributed by atoms with Crippen molar-refractivity contribution < 1.29 is 0 Å². The maximum absolute atomic E-state index is 3.72. The van der Waals surface area contributed by atoms with Gasteiger partial charge in [-0.15, -0.1) is 11.3 Å². The van der Waals surface area contributed by atoms with Crippen LogP contribution in [0.2, 0.25) is 0 Å². The molecular weight excluding hydrogens is 228 g/mol. The van der Waals surface area contributed by atoms with E-state index in [2.05, 4.69) is 48.7 Å². The number of hydrogen-bond acceptors (Lipinski definition) is 3. The van der Waals surface area contributed by atoms with Crippen molar-refractivity contribution in [2.24, 2.45) is 0 Å². The summed E-state index contributed by atoms with van der Waals surface area (Å²) in [6.45, 7) is 3.38. The standard InChI is InChI=1S/C14H24N2S/c1-12(13-7-6-10-17-13)15-11-14(16(2)3)8-4-5-9-14/h6-7,10,12,15H,4-5,8-9,11H2,1-3H3. The number of thiophene rings is 1. The van der Waals surface area contributed by atoms with Crippen LogP contribution >= 0.6 is 11.3 Å². The molecule has 0 radical (unpaired) electrons. The van der Waals surface area contributed by atoms with Crippen LogP contribution in [-0.4, -0.2) is 31.1 Å². The molecule has 0 spiro atoms. The van der Waals surface area contributed by atoms with Gasteiger partial charge in [0.1, 0.15) is 0 Å². The highest BCUT2D eigenvalue weighted by Gasteiger charge is 2.35. The second-order valence-corrected chi connectivity index (χ2v) is 6.42. The zero-order valence-electron chi connectivity index (χ0n) is 11.2. The van der Waals surface area contributed by atoms with Gasteiger partial charge in [-0.2, -0.15) is 0 Å². The summed E-state index contributed by atoms with van der Waals surface area (Å²) in [5.74, 6) is 0. The lowest BCUT2D eigenvalue weighted by atomic mass is 9.95. The van der Waals surface area contributed by atoms with E-state index in [0.29, 0.717) is 11.6 Å². The fraction of sp³-hybridized carbons (Fsp3) is 0.714. The topological polar surface area (TPSA) is 15.3 Å². The second kappa shape index (κ2) is 5.51. The van der Waals surface area contributed by atoms with Crippen molar-refractivity contribution in [3.05, 3.63) is 22.4 Å². The van der Waals surface area contributed by atoms with Crippen LogP contribution in [-0.2, 0) is 0 Å². The van der Waals surface area contributed by atoms with E-state index < -0.39 is 0 Å². The summed E-state index contributed by atoms with van der Waals surface area (Å²) in [5.41, 5.74) is 0.394. The van der Waals surface area contributed by atoms with Gasteiger partial charge in [-0.3, -0.25) is 0 Å². The molecule has 1 aromatic heterocycles. The van der Waals surface area contributed by atoms with E-state index in [1.165, 1.54) is 30.6 Å². The highest BCUT2D eigenvalue weighted by atomic mass is 32.1. The molecule has 1 fully saturated rings. The van der Waals surface area contributed by atoms with Crippen molar-refractivity contribution in [2.75, 3.05) is 20.6 Å². The molecule has 2 nitrogen and oxygen atoms in total. The summed E-state index contributed by atoms with van der Waals surface area (Å²) < 4.78 is 0. The van der Waals surface area contributed by atoms with Crippen molar-refractivity contribution in [1.29, 1.82) is 0 Å². The Morgan fingerprint density at radius 1 is 1.41 bits per heavy atom. The second-order valence-electron chi connectivity index (χ2n) is 5.44. The molecule has 0 saturated heterocycles. The van der Waals surface area contributed by atoms with Crippen molar-refractivity contribution >= 4 is 11.3 Å². The van der Waals surface area contributed by atoms with Gasteiger partial charge in [0, 0.05) is 23.0 Å². The van der Waals surface area contributed by atoms with Crippen LogP contribution in [0.5, 0.6) is 0 Å². The van der Waals surface area contributed by atoms with E-state index in [0.717, 1.165) is 6.54 Å². The number of rotatable bonds is 5. The number of hydrogen-bond donors (Lipinski definition) is 1. The van der Waals surface area contributed by atoms with Gasteiger partial charge in [-0.1, -0.05) is 18.9 Å². The molecule has 96 valence electrons. The predicted molar refractivity (Wildman–Crippen MR) is 75.6 cm³/mol. The molecule has 2 rings (SSSR count). The fourth-order valence-corrected chi connectivity index (χ4v) is 3.56. The maximum Gasteiger partial charge on any atom is 0.0386 e. The lowest BCUT2D eigenvalue weighted by Gasteiger charge is -2.37. The lowest BCUT2D eigenvalue weighted by Crippen LogP contribution is -2.49. The summed E-state index contributed by atoms with van der Waals surface area (Å²) in [6, 6.07) is 4.84. The molecule has 0 aliphatic heterocycles. The van der Waals surface area contributed by atoms with Crippen LogP contribution < -0.4 is 5.32 Å². The highest BCUT2D eigenvalue weighted by Crippen LogP contribution is 2.33. The predicted octanol–water partition coefficient (Wildman–Crippen LogP) is 3.27. The Kier molecular flexibility index (Phi) is 4.23. The van der Waals surface area contributed by atoms with Crippen molar-refractivity contribution in [3.63, 3.8) is 0 Å². The summed E-state index contributed by atoms with van der Waals surface area (Å²) in [4.78, 5) is 3.87. The molecule has 1 N–H and O–H groups in total. The van der Waals surface area contributed by atoms with E-state index in [4.69, 9.17) is 0 Å². The van der Waals surface area contributed by atoms with Gasteiger partial charge >= 0.3 is 0 Å². The average molecular weight is 252 g/mol. The van der Waals surface area contributed by atoms with Crippen LogP contribution in [0.15, 0.2) is 17.5 Å². The summed E-state index contributed by atoms with van der Waals surface area (Å²) >= 11 is 1.84. The Morgan fingerprint density at radius 2 is 2.12 bits per heavy atom. The molecule has 0 amide bonds. The normalized spacial score (nSPS) is 20.9. The molecule has 1 saturated carbocycles. The molecule has 1 unspecified atom stereocenters. The molecule has 0 aromatic carbocycles. The van der Waals surface area contributed by atoms with Gasteiger partial charge in [-0.25, -0.2) is 0 Å². The number of nitrogens with zero attached hydrogens (tertiary/aromatic N) is 1. The van der Waals surface area contributed by atoms with Crippen LogP contribution in [0, 0.1) is 0 Å². The minimum atomic E-state index is 0.394. The molecule has 1 aromatic rings. The summed E-state index contributed by atoms with van der Waals surface area (Å²) in [7, 11) is 4.45. The lowest BCUT2D eigenvalue weighted by molar-refractivity contribution is 0.150. The van der Waals surface area contributed by atoms with Gasteiger partial charge in [0.25, 0.3) is 0 Å². The van der Waals surface area contributed by atoms with Gasteiger partial charge in [0.2, 0.25) is 0 Å². The van der Waals surface area contributed by atoms with Gasteiger partial charge in [-0.05, 0) is 45.3 Å². The molecular formula is C14H24N2S.